The third-order valence-electron chi connectivity index (χ3n) is 3.46. The molecule has 0 bridgehead atoms. The number of nitrogens with zero attached hydrogens (tertiary/aromatic N) is 1. The summed E-state index contributed by atoms with van der Waals surface area (Å²) in [7, 11) is 0. The van der Waals surface area contributed by atoms with E-state index in [1.54, 1.807) is 17.1 Å². The number of fused-ring (bicyclic) bond motifs is 1. The zero-order valence-corrected chi connectivity index (χ0v) is 14.2. The molecule has 1 aromatic carbocycles. The largest absolute Gasteiger partial charge is 0.344 e. The number of aromatic nitrogens is 1. The highest BCUT2D eigenvalue weighted by Gasteiger charge is 2.24. The highest BCUT2D eigenvalue weighted by molar-refractivity contribution is 7.99. The van der Waals surface area contributed by atoms with Gasteiger partial charge in [0.1, 0.15) is 5.69 Å². The Balaban J connectivity index is 1.76. The van der Waals surface area contributed by atoms with E-state index in [-0.39, 0.29) is 11.9 Å². The SMILES string of the molecule is NCCc1nc(C(=O)NC2CCSc3ccc(Cl)cc32)cs1. The predicted molar refractivity (Wildman–Crippen MR) is 91.9 cm³/mol. The number of hydrogen-bond donors (Lipinski definition) is 2. The van der Waals surface area contributed by atoms with Crippen molar-refractivity contribution in [3.8, 4) is 0 Å². The molecule has 22 heavy (non-hydrogen) atoms. The normalized spacial score (nSPS) is 17.1. The number of benzene rings is 1. The van der Waals surface area contributed by atoms with Crippen LogP contribution in [0.15, 0.2) is 28.5 Å². The Labute approximate surface area is 142 Å². The van der Waals surface area contributed by atoms with Crippen LogP contribution in [0.25, 0.3) is 0 Å². The lowest BCUT2D eigenvalue weighted by molar-refractivity contribution is 0.0930. The van der Waals surface area contributed by atoms with Gasteiger partial charge in [0, 0.05) is 27.5 Å². The number of nitrogens with one attached hydrogen (secondary N) is 1. The standard InChI is InChI=1S/C15H16ClN3OS2/c16-9-1-2-13-10(7-9)11(4-6-21-13)19-15(20)12-8-22-14(18-12)3-5-17/h1-2,7-8,11H,3-6,17H2,(H,19,20). The molecule has 1 amide bonds. The minimum atomic E-state index is -0.137. The van der Waals surface area contributed by atoms with Gasteiger partial charge in [-0.3, -0.25) is 4.79 Å². The van der Waals surface area contributed by atoms with Crippen molar-refractivity contribution in [2.45, 2.75) is 23.8 Å². The fourth-order valence-electron chi connectivity index (χ4n) is 2.40. The van der Waals surface area contributed by atoms with Gasteiger partial charge >= 0.3 is 0 Å². The summed E-state index contributed by atoms with van der Waals surface area (Å²) in [5.74, 6) is 0.845. The summed E-state index contributed by atoms with van der Waals surface area (Å²) in [6.45, 7) is 0.542. The number of rotatable bonds is 4. The van der Waals surface area contributed by atoms with E-state index in [0.29, 0.717) is 23.7 Å². The van der Waals surface area contributed by atoms with E-state index in [0.717, 1.165) is 22.7 Å². The molecule has 0 spiro atoms. The summed E-state index contributed by atoms with van der Waals surface area (Å²) >= 11 is 9.36. The Hall–Kier alpha value is -1.08. The molecule has 0 saturated heterocycles. The maximum absolute atomic E-state index is 12.4. The monoisotopic (exact) mass is 353 g/mol. The molecule has 1 aliphatic heterocycles. The van der Waals surface area contributed by atoms with E-state index in [1.165, 1.54) is 16.2 Å². The number of carbonyl (C=O) groups is 1. The van der Waals surface area contributed by atoms with Crippen molar-refractivity contribution in [2.75, 3.05) is 12.3 Å². The number of thioether (sulfide) groups is 1. The Morgan fingerprint density at radius 2 is 2.36 bits per heavy atom. The number of nitrogens with two attached hydrogens (primary N) is 1. The van der Waals surface area contributed by atoms with Gasteiger partial charge in [0.25, 0.3) is 5.91 Å². The molecule has 0 saturated carbocycles. The van der Waals surface area contributed by atoms with Crippen molar-refractivity contribution in [1.82, 2.24) is 10.3 Å². The van der Waals surface area contributed by atoms with Gasteiger partial charge in [-0.15, -0.1) is 23.1 Å². The van der Waals surface area contributed by atoms with Crippen molar-refractivity contribution in [1.29, 1.82) is 0 Å². The molecule has 4 nitrogen and oxygen atoms in total. The zero-order valence-electron chi connectivity index (χ0n) is 11.8. The first-order valence-corrected chi connectivity index (χ1v) is 9.29. The van der Waals surface area contributed by atoms with Gasteiger partial charge in [0.2, 0.25) is 0 Å². The molecular weight excluding hydrogens is 338 g/mol. The van der Waals surface area contributed by atoms with Gasteiger partial charge in [-0.1, -0.05) is 11.6 Å². The second-order valence-corrected chi connectivity index (χ2v) is 7.53. The van der Waals surface area contributed by atoms with Crippen LogP contribution in [0.2, 0.25) is 5.02 Å². The summed E-state index contributed by atoms with van der Waals surface area (Å²) < 4.78 is 0. The Morgan fingerprint density at radius 3 is 3.18 bits per heavy atom. The molecule has 7 heteroatoms. The predicted octanol–water partition coefficient (Wildman–Crippen LogP) is 3.26. The molecule has 3 N–H and O–H groups in total. The number of hydrogen-bond acceptors (Lipinski definition) is 5. The highest BCUT2D eigenvalue weighted by Crippen LogP contribution is 2.37. The quantitative estimate of drug-likeness (QED) is 0.885. The topological polar surface area (TPSA) is 68.0 Å². The van der Waals surface area contributed by atoms with Crippen LogP contribution in [0.3, 0.4) is 0 Å². The van der Waals surface area contributed by atoms with E-state index < -0.39 is 0 Å². The van der Waals surface area contributed by atoms with E-state index in [9.17, 15) is 4.79 Å². The molecule has 2 heterocycles. The maximum atomic E-state index is 12.4. The lowest BCUT2D eigenvalue weighted by Crippen LogP contribution is -2.30. The van der Waals surface area contributed by atoms with E-state index >= 15 is 0 Å². The fourth-order valence-corrected chi connectivity index (χ4v) is 4.48. The zero-order chi connectivity index (χ0) is 15.5. The average molecular weight is 354 g/mol. The Morgan fingerprint density at radius 1 is 1.50 bits per heavy atom. The Kier molecular flexibility index (Phi) is 5.03. The lowest BCUT2D eigenvalue weighted by Gasteiger charge is -2.25. The first kappa shape index (κ1) is 15.8. The van der Waals surface area contributed by atoms with Crippen molar-refractivity contribution in [2.24, 2.45) is 5.73 Å². The molecular formula is C15H16ClN3OS2. The van der Waals surface area contributed by atoms with E-state index in [4.69, 9.17) is 17.3 Å². The van der Waals surface area contributed by atoms with E-state index in [2.05, 4.69) is 10.3 Å². The van der Waals surface area contributed by atoms with Crippen LogP contribution in [0.5, 0.6) is 0 Å². The van der Waals surface area contributed by atoms with E-state index in [1.807, 2.05) is 18.2 Å². The van der Waals surface area contributed by atoms with Gasteiger partial charge in [-0.05, 0) is 36.7 Å². The van der Waals surface area contributed by atoms with Crippen LogP contribution < -0.4 is 11.1 Å². The average Bonchev–Trinajstić information content (AvgIpc) is 2.97. The first-order chi connectivity index (χ1) is 10.7. The number of thiazole rings is 1. The third kappa shape index (κ3) is 3.46. The van der Waals surface area contributed by atoms with Gasteiger partial charge in [-0.2, -0.15) is 0 Å². The smallest absolute Gasteiger partial charge is 0.271 e. The molecule has 116 valence electrons. The van der Waals surface area contributed by atoms with Crippen LogP contribution in [-0.2, 0) is 6.42 Å². The molecule has 0 radical (unpaired) electrons. The Bertz CT molecular complexity index is 689. The molecule has 0 fully saturated rings. The lowest BCUT2D eigenvalue weighted by atomic mass is 10.0. The van der Waals surface area contributed by atoms with Crippen LogP contribution in [0.4, 0.5) is 0 Å². The number of halogens is 1. The van der Waals surface area contributed by atoms with Crippen LogP contribution in [0, 0.1) is 0 Å². The second kappa shape index (κ2) is 7.00. The molecule has 1 aromatic heterocycles. The minimum absolute atomic E-state index is 0.0119. The molecule has 3 rings (SSSR count). The van der Waals surface area contributed by atoms with Gasteiger partial charge < -0.3 is 11.1 Å². The summed E-state index contributed by atoms with van der Waals surface area (Å²) in [5.41, 5.74) is 7.07. The molecule has 1 aliphatic rings. The summed E-state index contributed by atoms with van der Waals surface area (Å²) in [4.78, 5) is 17.9. The van der Waals surface area contributed by atoms with Gasteiger partial charge in [0.05, 0.1) is 11.0 Å². The first-order valence-electron chi connectivity index (χ1n) is 7.05. The van der Waals surface area contributed by atoms with Crippen molar-refractivity contribution in [3.05, 3.63) is 44.9 Å². The van der Waals surface area contributed by atoms with Crippen LogP contribution in [0.1, 0.15) is 33.5 Å². The van der Waals surface area contributed by atoms with Crippen LogP contribution >= 0.6 is 34.7 Å². The van der Waals surface area contributed by atoms with Crippen molar-refractivity contribution < 1.29 is 4.79 Å². The van der Waals surface area contributed by atoms with Crippen LogP contribution in [-0.4, -0.2) is 23.2 Å². The summed E-state index contributed by atoms with van der Waals surface area (Å²) in [5, 5.41) is 6.46. The maximum Gasteiger partial charge on any atom is 0.271 e. The number of amides is 1. The van der Waals surface area contributed by atoms with Crippen molar-refractivity contribution >= 4 is 40.6 Å². The molecule has 1 unspecified atom stereocenters. The minimum Gasteiger partial charge on any atom is -0.344 e. The second-order valence-electron chi connectivity index (χ2n) is 5.01. The third-order valence-corrected chi connectivity index (χ3v) is 5.73. The molecule has 1 atom stereocenters. The number of carbonyl (C=O) groups excluding carboxylic acids is 1. The highest BCUT2D eigenvalue weighted by atomic mass is 35.5. The molecule has 2 aromatic rings. The van der Waals surface area contributed by atoms with Gasteiger partial charge in [-0.25, -0.2) is 4.98 Å². The van der Waals surface area contributed by atoms with Crippen molar-refractivity contribution in [3.63, 3.8) is 0 Å². The summed E-state index contributed by atoms with van der Waals surface area (Å²) in [6, 6.07) is 5.83. The fraction of sp³-hybridized carbons (Fsp3) is 0.333. The summed E-state index contributed by atoms with van der Waals surface area (Å²) in [6.07, 6.45) is 1.60. The van der Waals surface area contributed by atoms with Gasteiger partial charge in [0.15, 0.2) is 0 Å². The molecule has 0 aliphatic carbocycles.